The van der Waals surface area contributed by atoms with Crippen LogP contribution in [0.5, 0.6) is 11.5 Å². The number of nitriles is 1. The zero-order valence-corrected chi connectivity index (χ0v) is 18.7. The molecule has 0 radical (unpaired) electrons. The van der Waals surface area contributed by atoms with E-state index >= 15 is 0 Å². The summed E-state index contributed by atoms with van der Waals surface area (Å²) in [5.41, 5.74) is 5.15. The fraction of sp³-hybridized carbons (Fsp3) is 0.107. The van der Waals surface area contributed by atoms with Crippen LogP contribution >= 0.6 is 0 Å². The van der Waals surface area contributed by atoms with E-state index in [1.165, 1.54) is 0 Å². The number of hydrogen-bond donors (Lipinski definition) is 1. The largest absolute Gasteiger partial charge is 0.494 e. The molecule has 34 heavy (non-hydrogen) atoms. The first kappa shape index (κ1) is 22.6. The molecular formula is C28H23N3O3. The number of nitrogens with one attached hydrogen (secondary N) is 1. The first-order chi connectivity index (χ1) is 16.7. The van der Waals surface area contributed by atoms with Gasteiger partial charge < -0.3 is 9.47 Å². The van der Waals surface area contributed by atoms with Crippen LogP contribution in [-0.2, 0) is 6.61 Å². The minimum absolute atomic E-state index is 0.238. The topological polar surface area (TPSA) is 83.7 Å². The second-order valence-corrected chi connectivity index (χ2v) is 7.41. The molecule has 0 unspecified atom stereocenters. The molecule has 0 spiro atoms. The Balaban J connectivity index is 1.56. The summed E-state index contributed by atoms with van der Waals surface area (Å²) in [6.45, 7) is 2.71. The van der Waals surface area contributed by atoms with Gasteiger partial charge in [0.05, 0.1) is 24.5 Å². The quantitative estimate of drug-likeness (QED) is 0.286. The predicted molar refractivity (Wildman–Crippen MR) is 132 cm³/mol. The van der Waals surface area contributed by atoms with Crippen molar-refractivity contribution >= 4 is 22.9 Å². The third kappa shape index (κ3) is 5.22. The Morgan fingerprint density at radius 2 is 1.74 bits per heavy atom. The predicted octanol–water partition coefficient (Wildman–Crippen LogP) is 5.45. The summed E-state index contributed by atoms with van der Waals surface area (Å²) in [5.74, 6) is 0.980. The summed E-state index contributed by atoms with van der Waals surface area (Å²) in [5, 5.41) is 15.5. The molecular weight excluding hydrogens is 426 g/mol. The zero-order chi connectivity index (χ0) is 23.8. The average Bonchev–Trinajstić information content (AvgIpc) is 2.88. The van der Waals surface area contributed by atoms with Crippen LogP contribution < -0.4 is 14.9 Å². The van der Waals surface area contributed by atoms with Crippen LogP contribution in [0.2, 0.25) is 0 Å². The van der Waals surface area contributed by atoms with E-state index in [0.29, 0.717) is 29.2 Å². The summed E-state index contributed by atoms with van der Waals surface area (Å²) in [7, 11) is 0. The van der Waals surface area contributed by atoms with Crippen LogP contribution in [0.25, 0.3) is 10.8 Å². The van der Waals surface area contributed by atoms with Crippen molar-refractivity contribution in [3.05, 3.63) is 107 Å². The van der Waals surface area contributed by atoms with Gasteiger partial charge in [0.1, 0.15) is 18.1 Å². The van der Waals surface area contributed by atoms with Gasteiger partial charge in [-0.25, -0.2) is 5.43 Å². The maximum atomic E-state index is 12.5. The van der Waals surface area contributed by atoms with E-state index in [4.69, 9.17) is 9.47 Å². The molecule has 4 aromatic carbocycles. The van der Waals surface area contributed by atoms with Crippen molar-refractivity contribution < 1.29 is 14.3 Å². The highest BCUT2D eigenvalue weighted by atomic mass is 16.5. The van der Waals surface area contributed by atoms with E-state index in [0.717, 1.165) is 21.9 Å². The van der Waals surface area contributed by atoms with Crippen molar-refractivity contribution in [2.45, 2.75) is 13.5 Å². The lowest BCUT2D eigenvalue weighted by molar-refractivity contribution is 0.0955. The van der Waals surface area contributed by atoms with E-state index in [9.17, 15) is 10.1 Å². The van der Waals surface area contributed by atoms with Gasteiger partial charge in [0.2, 0.25) is 0 Å². The molecule has 6 heteroatoms. The number of carbonyl (C=O) groups is 1. The number of amides is 1. The van der Waals surface area contributed by atoms with Crippen LogP contribution in [-0.4, -0.2) is 18.7 Å². The minimum atomic E-state index is -0.329. The van der Waals surface area contributed by atoms with Gasteiger partial charge in [-0.15, -0.1) is 0 Å². The molecule has 1 N–H and O–H groups in total. The third-order valence-corrected chi connectivity index (χ3v) is 5.24. The highest BCUT2D eigenvalue weighted by Gasteiger charge is 2.10. The SMILES string of the molecule is CCOc1ccc(C(=O)N/N=C\c2c(OCc3ccccc3C#N)ccc3ccccc23)cc1. The van der Waals surface area contributed by atoms with Crippen LogP contribution in [0.1, 0.15) is 34.0 Å². The number of carbonyl (C=O) groups excluding carboxylic acids is 1. The monoisotopic (exact) mass is 449 g/mol. The van der Waals surface area contributed by atoms with Crippen molar-refractivity contribution in [2.75, 3.05) is 6.61 Å². The van der Waals surface area contributed by atoms with E-state index in [1.807, 2.05) is 61.5 Å². The van der Waals surface area contributed by atoms with Gasteiger partial charge >= 0.3 is 0 Å². The number of fused-ring (bicyclic) bond motifs is 1. The number of rotatable bonds is 8. The Hall–Kier alpha value is -4.63. The molecule has 0 saturated carbocycles. The van der Waals surface area contributed by atoms with E-state index in [-0.39, 0.29) is 12.5 Å². The molecule has 0 heterocycles. The zero-order valence-electron chi connectivity index (χ0n) is 18.7. The van der Waals surface area contributed by atoms with E-state index < -0.39 is 0 Å². The number of hydrogen-bond acceptors (Lipinski definition) is 5. The number of hydrazone groups is 1. The van der Waals surface area contributed by atoms with Gasteiger partial charge in [-0.3, -0.25) is 4.79 Å². The van der Waals surface area contributed by atoms with Crippen LogP contribution in [0.4, 0.5) is 0 Å². The third-order valence-electron chi connectivity index (χ3n) is 5.24. The van der Waals surface area contributed by atoms with Crippen molar-refractivity contribution in [1.29, 1.82) is 5.26 Å². The van der Waals surface area contributed by atoms with E-state index in [1.54, 1.807) is 36.5 Å². The van der Waals surface area contributed by atoms with Gasteiger partial charge in [0.25, 0.3) is 5.91 Å². The normalized spacial score (nSPS) is 10.7. The first-order valence-corrected chi connectivity index (χ1v) is 10.9. The lowest BCUT2D eigenvalue weighted by Crippen LogP contribution is -2.17. The summed E-state index contributed by atoms with van der Waals surface area (Å²) in [4.78, 5) is 12.5. The van der Waals surface area contributed by atoms with Gasteiger partial charge in [0, 0.05) is 16.7 Å². The Labute approximate surface area is 198 Å². The first-order valence-electron chi connectivity index (χ1n) is 10.9. The molecule has 6 nitrogen and oxygen atoms in total. The summed E-state index contributed by atoms with van der Waals surface area (Å²) < 4.78 is 11.5. The maximum absolute atomic E-state index is 12.5. The summed E-state index contributed by atoms with van der Waals surface area (Å²) in [6, 6.07) is 28.1. The highest BCUT2D eigenvalue weighted by Crippen LogP contribution is 2.27. The molecule has 0 saturated heterocycles. The second-order valence-electron chi connectivity index (χ2n) is 7.41. The average molecular weight is 450 g/mol. The summed E-state index contributed by atoms with van der Waals surface area (Å²) in [6.07, 6.45) is 1.58. The second kappa shape index (κ2) is 10.8. The number of nitrogens with zero attached hydrogens (tertiary/aromatic N) is 2. The molecule has 0 aromatic heterocycles. The lowest BCUT2D eigenvalue weighted by atomic mass is 10.0. The number of benzene rings is 4. The smallest absolute Gasteiger partial charge is 0.271 e. The number of ether oxygens (including phenoxy) is 2. The van der Waals surface area contributed by atoms with Gasteiger partial charge in [-0.2, -0.15) is 10.4 Å². The molecule has 0 bridgehead atoms. The molecule has 0 aliphatic heterocycles. The molecule has 4 rings (SSSR count). The van der Waals surface area contributed by atoms with Gasteiger partial charge in [0.15, 0.2) is 0 Å². The highest BCUT2D eigenvalue weighted by molar-refractivity contribution is 6.03. The molecule has 4 aromatic rings. The molecule has 168 valence electrons. The molecule has 0 fully saturated rings. The molecule has 0 aliphatic rings. The Kier molecular flexibility index (Phi) is 7.16. The lowest BCUT2D eigenvalue weighted by Gasteiger charge is -2.12. The van der Waals surface area contributed by atoms with Crippen molar-refractivity contribution in [3.63, 3.8) is 0 Å². The summed E-state index contributed by atoms with van der Waals surface area (Å²) >= 11 is 0. The fourth-order valence-electron chi connectivity index (χ4n) is 3.53. The Morgan fingerprint density at radius 3 is 2.53 bits per heavy atom. The van der Waals surface area contributed by atoms with Gasteiger partial charge in [-0.05, 0) is 54.1 Å². The Bertz CT molecular complexity index is 1370. The van der Waals surface area contributed by atoms with Crippen molar-refractivity contribution in [1.82, 2.24) is 5.43 Å². The molecule has 0 aliphatic carbocycles. The molecule has 0 atom stereocenters. The maximum Gasteiger partial charge on any atom is 0.271 e. The van der Waals surface area contributed by atoms with Gasteiger partial charge in [-0.1, -0.05) is 48.5 Å². The van der Waals surface area contributed by atoms with Crippen molar-refractivity contribution in [2.24, 2.45) is 5.10 Å². The minimum Gasteiger partial charge on any atom is -0.494 e. The fourth-order valence-corrected chi connectivity index (χ4v) is 3.53. The Morgan fingerprint density at radius 1 is 0.971 bits per heavy atom. The van der Waals surface area contributed by atoms with Crippen LogP contribution in [0, 0.1) is 11.3 Å². The standard InChI is InChI=1S/C28H23N3O3/c1-2-33-24-14-11-21(12-15-24)28(32)31-30-18-26-25-10-6-5-7-20(25)13-16-27(26)34-19-23-9-4-3-8-22(23)17-29/h3-16,18H,2,19H2,1H3,(H,31,32)/b30-18-. The van der Waals surface area contributed by atoms with Crippen LogP contribution in [0.3, 0.4) is 0 Å². The van der Waals surface area contributed by atoms with E-state index in [2.05, 4.69) is 16.6 Å². The van der Waals surface area contributed by atoms with Crippen molar-refractivity contribution in [3.8, 4) is 17.6 Å². The van der Waals surface area contributed by atoms with Crippen LogP contribution in [0.15, 0.2) is 90.0 Å². The molecule has 1 amide bonds.